The number of alkyl carbamates (subject to hydrolysis) is 1. The number of nitrogens with zero attached hydrogens (tertiary/aromatic N) is 9. The molecule has 8 unspecified atom stereocenters. The number of cyclic esters (lactones) is 2. The van der Waals surface area contributed by atoms with Crippen molar-refractivity contribution in [2.45, 2.75) is 287 Å². The highest BCUT2D eigenvalue weighted by molar-refractivity contribution is 6.09. The first-order valence-corrected chi connectivity index (χ1v) is 46.5. The molecule has 7 aliphatic rings. The summed E-state index contributed by atoms with van der Waals surface area (Å²) in [6.07, 6.45) is -11.8. The molecule has 37 heteroatoms. The number of unbranched alkanes of at least 4 members (excludes halogenated alkanes) is 2. The number of rotatable bonds is 28. The van der Waals surface area contributed by atoms with Gasteiger partial charge in [-0.05, 0) is 177 Å². The maximum absolute atomic E-state index is 17.3. The molecule has 11 rings (SSSR count). The molecule has 0 aromatic heterocycles. The molecule has 135 heavy (non-hydrogen) atoms. The van der Waals surface area contributed by atoms with Crippen molar-refractivity contribution in [3.8, 4) is 11.1 Å². The third kappa shape index (κ3) is 23.5. The largest absolute Gasteiger partial charge is 0.459 e. The van der Waals surface area contributed by atoms with Crippen LogP contribution in [0.15, 0.2) is 119 Å². The van der Waals surface area contributed by atoms with Gasteiger partial charge in [-0.15, -0.1) is 0 Å². The first-order chi connectivity index (χ1) is 63.9. The van der Waals surface area contributed by atoms with Gasteiger partial charge in [-0.3, -0.25) is 19.2 Å². The summed E-state index contributed by atoms with van der Waals surface area (Å²) in [5.41, 5.74) is 9.26. The Hall–Kier alpha value is -10.6. The molecule has 6 heterocycles. The number of methoxy groups -OCH3 is 2. The smallest absolute Gasteiger partial charge is 0.410 e. The van der Waals surface area contributed by atoms with Crippen molar-refractivity contribution in [2.75, 3.05) is 74.3 Å². The normalized spacial score (nSPS) is 34.2. The van der Waals surface area contributed by atoms with Crippen molar-refractivity contribution in [3.63, 3.8) is 0 Å². The van der Waals surface area contributed by atoms with E-state index in [4.69, 9.17) is 72.6 Å². The average Bonchev–Trinajstić information content (AvgIpc) is 1.33. The van der Waals surface area contributed by atoms with Crippen molar-refractivity contribution in [3.05, 3.63) is 152 Å². The van der Waals surface area contributed by atoms with Gasteiger partial charge < -0.3 is 86.7 Å². The molecule has 26 atom stereocenters. The number of hydrogen-bond acceptors (Lipinski definition) is 28. The summed E-state index contributed by atoms with van der Waals surface area (Å²) in [6, 6.07) is 29.3. The molecule has 1 aliphatic carbocycles. The number of ketones is 4. The van der Waals surface area contributed by atoms with Crippen LogP contribution in [0, 0.1) is 41.4 Å². The van der Waals surface area contributed by atoms with E-state index in [-0.39, 0.29) is 102 Å². The van der Waals surface area contributed by atoms with Crippen LogP contribution < -0.4 is 5.32 Å². The summed E-state index contributed by atoms with van der Waals surface area (Å²) in [5, 5.41) is 21.8. The highest BCUT2D eigenvalue weighted by Gasteiger charge is 2.65. The van der Waals surface area contributed by atoms with Crippen LogP contribution in [0.2, 0.25) is 0 Å². The van der Waals surface area contributed by atoms with E-state index in [9.17, 15) is 57.8 Å². The Kier molecular flexibility index (Phi) is 35.9. The maximum Gasteiger partial charge on any atom is 0.410 e. The monoisotopic (exact) mass is 1890 g/mol. The number of amides is 3. The van der Waals surface area contributed by atoms with Gasteiger partial charge in [0.05, 0.1) is 58.8 Å². The molecule has 2 N–H and O–H groups in total. The van der Waals surface area contributed by atoms with Gasteiger partial charge in [-0.25, -0.2) is 42.3 Å². The van der Waals surface area contributed by atoms with Crippen LogP contribution in [-0.2, 0) is 90.3 Å². The zero-order valence-electron chi connectivity index (χ0n) is 80.6. The molecule has 0 saturated carbocycles. The van der Waals surface area contributed by atoms with E-state index in [1.54, 1.807) is 142 Å². The number of esters is 4. The van der Waals surface area contributed by atoms with Crippen LogP contribution in [0.1, 0.15) is 206 Å². The second kappa shape index (κ2) is 45.6. The van der Waals surface area contributed by atoms with E-state index >= 15 is 8.78 Å². The number of azide groups is 2. The van der Waals surface area contributed by atoms with Gasteiger partial charge in [0, 0.05) is 110 Å². The van der Waals surface area contributed by atoms with Crippen molar-refractivity contribution in [2.24, 2.45) is 51.7 Å². The number of nitrogens with one attached hydrogen (secondary N) is 1. The summed E-state index contributed by atoms with van der Waals surface area (Å²) >= 11 is 0. The Bertz CT molecular complexity index is 4920. The number of alkyl halides is 2. The molecule has 35 nitrogen and oxygen atoms in total. The fourth-order valence-corrected chi connectivity index (χ4v) is 20.7. The maximum atomic E-state index is 17.3. The van der Waals surface area contributed by atoms with Crippen molar-refractivity contribution < 1.29 is 128 Å². The molecule has 4 aromatic carbocycles. The van der Waals surface area contributed by atoms with Gasteiger partial charge in [0.2, 0.25) is 0 Å². The standard InChI is InChI=1S/C56H70FN5O13.C42H62FN5O12/c1-10-44-56(8)46(62(53(68)75-56)27-19-18-26-59-61-58)34(4)45(63)32(2)29-54(6,69-9)48(35(5)47(64)55(7,57)51(66)73-44)74-50-33(3)43(28-37(72-50)30-70-49(65)36-20-12-11-13-21-36)60-52(67)71-31-42-40-24-16-14-22-38(40)39-23-15-17-25-41(39)42;1-11-30-42(7)33(48(39(54)60-42)20-16-15-19-45-46-44)25(3)31(49)24(2)22-40(5,55-10)35(26(4)34(51)41(6,43)38(53)58-30)59-37-32(50)29(47(8)9)21-28(57-37)23-56-36(52)27-17-13-12-14-18-27/h11-17,20-25,32-35,37,42-44,46,48,50H,10,18-19,26-31H2,1-9H3,(H,60,67);12-14,17-18,24-26,28-30,32-33,35,37,50H,11,15-16,19-23H2,1-10H3/t32-,33?,34+,35+,37?,43?,44-,46-,48-,50?,54+,55+,56-;24-,25+,26+,28?,29?,30-,32?,33-,35-,37?,40+,41+,42-/m11/s1. The average molecular weight is 1890 g/mol. The van der Waals surface area contributed by atoms with Crippen molar-refractivity contribution in [1.29, 1.82) is 0 Å². The topological polar surface area (TPSA) is 447 Å². The van der Waals surface area contributed by atoms with Gasteiger partial charge in [0.15, 0.2) is 35.3 Å². The van der Waals surface area contributed by atoms with Crippen molar-refractivity contribution >= 4 is 65.3 Å². The molecule has 0 spiro atoms. The number of Topliss-reactive ketones (excluding diaryl/α,β-unsaturated/α-hetero) is 4. The number of aliphatic hydroxyl groups excluding tert-OH is 1. The molecular weight excluding hydrogens is 1760 g/mol. The molecule has 6 saturated heterocycles. The van der Waals surface area contributed by atoms with Gasteiger partial charge in [0.25, 0.3) is 11.3 Å². The molecule has 6 fully saturated rings. The Morgan fingerprint density at radius 1 is 0.541 bits per heavy atom. The minimum Gasteiger partial charge on any atom is -0.459 e. The molecule has 738 valence electrons. The Balaban J connectivity index is 0.000000287. The SMILES string of the molecule is CC[C@H]1OC(=O)[C@@](C)(F)C(=O)[C@H](C)[C@@H](OC2OC(COC(=O)c3ccccc3)CC(N(C)C)C2O)[C@@](C)(OC)C[C@@H](C)C(=O)[C@H](C)[C@H]2N(CCCCN=[N+]=[N-])C(=O)O[C@]12C.CC[C@H]1OC(=O)[C@@](C)(F)C(=O)[C@H](C)[C@@H](OC2OC(COC(=O)c3ccccc3)CC(NC(=O)OCC3c4ccccc4-c4ccccc43)C2C)[C@@](C)(OC)C[C@@H](C)C(=O)[C@H](C)[C@H]2N(CCCCN=[N+]=[N-])C(=O)O[C@]12C. The van der Waals surface area contributed by atoms with Crippen LogP contribution in [0.25, 0.3) is 32.0 Å². The lowest BCUT2D eigenvalue weighted by atomic mass is 9.73. The zero-order valence-corrected chi connectivity index (χ0v) is 80.6. The molecular formula is C98H132F2N10O25. The summed E-state index contributed by atoms with van der Waals surface area (Å²) in [5.74, 6) is -14.8. The summed E-state index contributed by atoms with van der Waals surface area (Å²) in [6.45, 7) is 22.5. The van der Waals surface area contributed by atoms with E-state index in [1.165, 1.54) is 51.7 Å². The van der Waals surface area contributed by atoms with Crippen LogP contribution in [-0.4, -0.2) is 273 Å². The van der Waals surface area contributed by atoms with Gasteiger partial charge in [0.1, 0.15) is 49.7 Å². The number of halogens is 2. The highest BCUT2D eigenvalue weighted by Crippen LogP contribution is 2.49. The lowest BCUT2D eigenvalue weighted by Gasteiger charge is -2.47. The predicted octanol–water partition coefficient (Wildman–Crippen LogP) is 14.7. The molecule has 3 amide bonds. The molecule has 0 bridgehead atoms. The highest BCUT2D eigenvalue weighted by atomic mass is 19.1. The fraction of sp³-hybridized carbons (Fsp3) is 0.643. The third-order valence-electron chi connectivity index (χ3n) is 28.3. The van der Waals surface area contributed by atoms with Crippen LogP contribution in [0.3, 0.4) is 0 Å². The number of ether oxygens (including phenoxy) is 13. The minimum absolute atomic E-state index is 0.0183. The van der Waals surface area contributed by atoms with Crippen molar-refractivity contribution in [1.82, 2.24) is 20.0 Å². The van der Waals surface area contributed by atoms with E-state index < -0.39 is 208 Å². The number of fused-ring (bicyclic) bond motifs is 5. The third-order valence-corrected chi connectivity index (χ3v) is 28.3. The molecule has 4 aromatic rings. The number of benzene rings is 4. The first kappa shape index (κ1) is 106. The van der Waals surface area contributed by atoms with Crippen LogP contribution in [0.4, 0.5) is 23.2 Å². The van der Waals surface area contributed by atoms with E-state index in [0.29, 0.717) is 36.8 Å². The van der Waals surface area contributed by atoms with Gasteiger partial charge in [-0.2, -0.15) is 0 Å². The van der Waals surface area contributed by atoms with Crippen LogP contribution >= 0.6 is 0 Å². The lowest BCUT2D eigenvalue weighted by molar-refractivity contribution is -0.300. The van der Waals surface area contributed by atoms with Gasteiger partial charge in [-0.1, -0.05) is 157 Å². The minimum atomic E-state index is -3.29. The lowest BCUT2D eigenvalue weighted by Crippen LogP contribution is -2.62. The second-order valence-electron chi connectivity index (χ2n) is 38.0. The summed E-state index contributed by atoms with van der Waals surface area (Å²) in [7, 11) is 6.19. The molecule has 0 radical (unpaired) electrons. The Morgan fingerprint density at radius 2 is 0.933 bits per heavy atom. The predicted molar refractivity (Wildman–Crippen MR) is 486 cm³/mol. The summed E-state index contributed by atoms with van der Waals surface area (Å²) < 4.78 is 114. The number of carbonyl (C=O) groups excluding carboxylic acids is 11. The number of carbonyl (C=O) groups is 11. The Morgan fingerprint density at radius 3 is 1.33 bits per heavy atom. The van der Waals surface area contributed by atoms with Crippen LogP contribution in [0.5, 0.6) is 0 Å². The Labute approximate surface area is 786 Å². The number of aliphatic hydroxyl groups is 1. The van der Waals surface area contributed by atoms with E-state index in [1.807, 2.05) is 48.5 Å². The number of hydrogen-bond donors (Lipinski definition) is 2. The van der Waals surface area contributed by atoms with Gasteiger partial charge >= 0.3 is 42.2 Å². The number of likely N-dealkylation sites (N-methyl/N-ethyl adjacent to an activating group) is 1. The quantitative estimate of drug-likeness (QED) is 0.0101. The second-order valence-corrected chi connectivity index (χ2v) is 38.0. The van der Waals surface area contributed by atoms with E-state index in [2.05, 4.69) is 25.4 Å². The fourth-order valence-electron chi connectivity index (χ4n) is 20.7. The van der Waals surface area contributed by atoms with E-state index in [0.717, 1.165) is 36.1 Å². The summed E-state index contributed by atoms with van der Waals surface area (Å²) in [4.78, 5) is 164. The first-order valence-electron chi connectivity index (χ1n) is 46.5. The zero-order chi connectivity index (χ0) is 99.1. The molecule has 6 aliphatic heterocycles.